The van der Waals surface area contributed by atoms with Gasteiger partial charge in [0, 0.05) is 0 Å². The predicted octanol–water partition coefficient (Wildman–Crippen LogP) is 2.22. The third-order valence-electron chi connectivity index (χ3n) is 5.53. The van der Waals surface area contributed by atoms with Crippen molar-refractivity contribution in [2.24, 2.45) is 0 Å². The topological polar surface area (TPSA) is 13.1 Å². The van der Waals surface area contributed by atoms with Crippen molar-refractivity contribution in [2.45, 2.75) is 32.9 Å². The molecule has 0 saturated heterocycles. The van der Waals surface area contributed by atoms with E-state index >= 15 is 0 Å². The molecule has 6 rings (SSSR count). The van der Waals surface area contributed by atoms with Crippen LogP contribution >= 0.6 is 0 Å². The summed E-state index contributed by atoms with van der Waals surface area (Å²) in [7, 11) is 0. The zero-order valence-electron chi connectivity index (χ0n) is 20.4. The van der Waals surface area contributed by atoms with Gasteiger partial charge in [0.25, 0.3) is 0 Å². The molecule has 5 heteroatoms. The Hall–Kier alpha value is -1.77. The molecule has 1 atom stereocenters. The first-order valence-electron chi connectivity index (χ1n) is 11.2. The van der Waals surface area contributed by atoms with Gasteiger partial charge in [0.1, 0.15) is 5.76 Å². The van der Waals surface area contributed by atoms with Gasteiger partial charge in [0.2, 0.25) is 0 Å². The summed E-state index contributed by atoms with van der Waals surface area (Å²) in [6, 6.07) is 21.2. The molecule has 0 bridgehead atoms. The van der Waals surface area contributed by atoms with E-state index < -0.39 is 0 Å². The fourth-order valence-electron chi connectivity index (χ4n) is 4.17. The molecule has 0 N–H and O–H groups in total. The molecule has 0 saturated carbocycles. The van der Waals surface area contributed by atoms with Gasteiger partial charge in [-0.05, 0) is 30.5 Å². The summed E-state index contributed by atoms with van der Waals surface area (Å²) in [6.07, 6.45) is 13.8. The Morgan fingerprint density at radius 2 is 1.74 bits per heavy atom. The number of rotatable bonds is 1. The summed E-state index contributed by atoms with van der Waals surface area (Å²) in [6.45, 7) is 8.86. The Morgan fingerprint density at radius 1 is 0.971 bits per heavy atom. The van der Waals surface area contributed by atoms with Crippen molar-refractivity contribution in [1.82, 2.24) is 0 Å². The first kappa shape index (κ1) is 29.5. The molecule has 1 unspecified atom stereocenters. The van der Waals surface area contributed by atoms with Crippen LogP contribution in [0.4, 0.5) is 0 Å². The fourth-order valence-corrected chi connectivity index (χ4v) is 4.17. The molecule has 0 aliphatic heterocycles. The average molecular weight is 595 g/mol. The van der Waals surface area contributed by atoms with Crippen LogP contribution in [0.1, 0.15) is 28.2 Å². The van der Waals surface area contributed by atoms with Gasteiger partial charge in [-0.3, -0.25) is 0 Å². The first-order valence-corrected chi connectivity index (χ1v) is 17.4. The Bertz CT molecular complexity index is 1370. The summed E-state index contributed by atoms with van der Waals surface area (Å²) in [5, 5.41) is 2.55. The molecule has 3 aromatic carbocycles. The number of halogens is 2. The van der Waals surface area contributed by atoms with E-state index in [4.69, 9.17) is 4.42 Å². The second-order valence-electron chi connectivity index (χ2n) is 8.71. The largest absolute Gasteiger partial charge is 1.00 e. The number of benzene rings is 2. The van der Waals surface area contributed by atoms with Gasteiger partial charge in [0.05, 0.1) is 6.26 Å². The van der Waals surface area contributed by atoms with Crippen molar-refractivity contribution < 1.29 is 52.6 Å². The molecule has 1 heterocycles. The molecule has 4 aromatic rings. The normalized spacial score (nSPS) is 14.2. The van der Waals surface area contributed by atoms with Gasteiger partial charge >= 0.3 is 41.9 Å². The smallest absolute Gasteiger partial charge is 0.124 e. The number of hydrogen-bond donors (Lipinski definition) is 0. The van der Waals surface area contributed by atoms with Crippen molar-refractivity contribution in [2.75, 3.05) is 0 Å². The monoisotopic (exact) mass is 592 g/mol. The van der Waals surface area contributed by atoms with Crippen LogP contribution in [0, 0.1) is 19.9 Å². The van der Waals surface area contributed by atoms with E-state index in [2.05, 4.69) is 106 Å². The first-order chi connectivity index (χ1) is 15.9. The molecule has 178 valence electrons. The summed E-state index contributed by atoms with van der Waals surface area (Å²) in [4.78, 5) is 0. The summed E-state index contributed by atoms with van der Waals surface area (Å²) >= 11 is 1.74. The summed E-state index contributed by atoms with van der Waals surface area (Å²) < 4.78 is 5.44. The molecule has 0 radical (unpaired) electrons. The molecule has 1 aromatic heterocycles. The minimum atomic E-state index is 0. The SMILES string of the molecule is C[Si](C)=[Zr+2].Cc1cc2c(-c3ccco3)cccc2[cH-]1.Cc1ccc2c(c1)[C-]=C1C=CC=CC12.[Cl-].[Cl-]. The van der Waals surface area contributed by atoms with Crippen LogP contribution in [0.2, 0.25) is 13.1 Å². The van der Waals surface area contributed by atoms with Crippen LogP contribution < -0.4 is 24.8 Å². The number of furan rings is 1. The molecule has 1 nitrogen and oxygen atoms in total. The van der Waals surface area contributed by atoms with E-state index in [0.717, 1.165) is 5.76 Å². The maximum atomic E-state index is 5.44. The van der Waals surface area contributed by atoms with Gasteiger partial charge in [0.15, 0.2) is 0 Å². The zero-order valence-corrected chi connectivity index (χ0v) is 25.4. The number of hydrogen-bond acceptors (Lipinski definition) is 1. The van der Waals surface area contributed by atoms with Crippen LogP contribution in [0.25, 0.3) is 22.1 Å². The molecule has 35 heavy (non-hydrogen) atoms. The quantitative estimate of drug-likeness (QED) is 0.244. The second kappa shape index (κ2) is 13.5. The number of fused-ring (bicyclic) bond motifs is 4. The maximum Gasteiger partial charge on any atom is 0.124 e. The Morgan fingerprint density at radius 3 is 2.46 bits per heavy atom. The third kappa shape index (κ3) is 7.37. The van der Waals surface area contributed by atoms with E-state index in [0.29, 0.717) is 5.92 Å². The van der Waals surface area contributed by atoms with E-state index in [-0.39, 0.29) is 30.2 Å². The van der Waals surface area contributed by atoms with Crippen molar-refractivity contribution in [3.63, 3.8) is 0 Å². The van der Waals surface area contributed by atoms with E-state index in [1.165, 1.54) is 44.2 Å². The molecule has 2 aliphatic rings. The predicted molar refractivity (Wildman–Crippen MR) is 138 cm³/mol. The van der Waals surface area contributed by atoms with Crippen LogP contribution in [0.3, 0.4) is 0 Å². The third-order valence-corrected chi connectivity index (χ3v) is 5.53. The van der Waals surface area contributed by atoms with Crippen LogP contribution in [-0.4, -0.2) is 5.43 Å². The summed E-state index contributed by atoms with van der Waals surface area (Å²) in [5.41, 5.74) is 7.95. The maximum absolute atomic E-state index is 5.44. The van der Waals surface area contributed by atoms with Crippen molar-refractivity contribution in [3.8, 4) is 11.3 Å². The van der Waals surface area contributed by atoms with Crippen molar-refractivity contribution >= 4 is 16.2 Å². The van der Waals surface area contributed by atoms with Gasteiger partial charge in [-0.1, -0.05) is 36.8 Å². The average Bonchev–Trinajstić information content (AvgIpc) is 3.50. The molecular formula is C30H28Cl2OSiZr-2. The van der Waals surface area contributed by atoms with Crippen LogP contribution in [0.15, 0.2) is 101 Å². The second-order valence-corrected chi connectivity index (χ2v) is 18.1. The summed E-state index contributed by atoms with van der Waals surface area (Å²) in [5.74, 6) is 1.39. The molecule has 0 fully saturated rings. The minimum absolute atomic E-state index is 0. The van der Waals surface area contributed by atoms with Gasteiger partial charge in [-0.15, -0.1) is 81.6 Å². The fraction of sp³-hybridized carbons (Fsp3) is 0.167. The molecule has 0 spiro atoms. The van der Waals surface area contributed by atoms with Crippen LogP contribution in [-0.2, 0) is 23.3 Å². The van der Waals surface area contributed by atoms with Crippen molar-refractivity contribution in [1.29, 1.82) is 0 Å². The van der Waals surface area contributed by atoms with Crippen LogP contribution in [0.5, 0.6) is 0 Å². The van der Waals surface area contributed by atoms with Gasteiger partial charge < -0.3 is 29.2 Å². The van der Waals surface area contributed by atoms with Gasteiger partial charge in [-0.2, -0.15) is 6.07 Å². The Kier molecular flexibility index (Phi) is 11.4. The van der Waals surface area contributed by atoms with E-state index in [1.54, 1.807) is 29.6 Å². The minimum Gasteiger partial charge on any atom is -1.00 e. The Labute approximate surface area is 236 Å². The van der Waals surface area contributed by atoms with E-state index in [1.807, 2.05) is 12.1 Å². The van der Waals surface area contributed by atoms with Gasteiger partial charge in [-0.25, -0.2) is 0 Å². The molecule has 2 aliphatic carbocycles. The van der Waals surface area contributed by atoms with E-state index in [9.17, 15) is 0 Å². The zero-order chi connectivity index (χ0) is 23.4. The number of aryl methyl sites for hydroxylation is 2. The standard InChI is InChI=1S/C14H11O.C14H11.C2H6Si.2ClH.Zr/c1-10-8-11-4-2-5-12(13(11)9-10)14-6-3-7-15-14;1-10-6-7-14-12(8-10)9-11-4-2-3-5-13(11)14;1-3-2;;;/h2-9H,1H3;2-8,13H,1H3;1-2H3;2*1H;/q2*-1;;;;+2/p-2. The molecular weight excluding hydrogens is 567 g/mol. The molecule has 0 amide bonds. The Balaban J connectivity index is 0.000000205. The van der Waals surface area contributed by atoms with Crippen molar-refractivity contribution in [3.05, 3.63) is 125 Å². The number of allylic oxidation sites excluding steroid dienone is 5.